The molecule has 0 spiro atoms. The van der Waals surface area contributed by atoms with Gasteiger partial charge in [0.25, 0.3) is 0 Å². The van der Waals surface area contributed by atoms with Crippen LogP contribution in [0.3, 0.4) is 0 Å². The van der Waals surface area contributed by atoms with E-state index < -0.39 is 16.1 Å². The summed E-state index contributed by atoms with van der Waals surface area (Å²) in [7, 11) is -1.86. The van der Waals surface area contributed by atoms with Crippen molar-refractivity contribution in [1.82, 2.24) is 18.0 Å². The van der Waals surface area contributed by atoms with E-state index in [1.165, 1.54) is 6.07 Å². The SMILES string of the molecule is Cn1cccc1C(O)CCNS(=O)(=O)c1cccc2nsnc12. The third-order valence-electron chi connectivity index (χ3n) is 3.57. The number of rotatable bonds is 6. The smallest absolute Gasteiger partial charge is 0.242 e. The van der Waals surface area contributed by atoms with Crippen LogP contribution >= 0.6 is 11.7 Å². The summed E-state index contributed by atoms with van der Waals surface area (Å²) in [6.45, 7) is 0.128. The summed E-state index contributed by atoms with van der Waals surface area (Å²) >= 11 is 0.977. The van der Waals surface area contributed by atoms with E-state index in [9.17, 15) is 13.5 Å². The predicted molar refractivity (Wildman–Crippen MR) is 87.6 cm³/mol. The van der Waals surface area contributed by atoms with Gasteiger partial charge in [-0.25, -0.2) is 13.1 Å². The van der Waals surface area contributed by atoms with E-state index in [1.807, 2.05) is 19.3 Å². The average molecular weight is 352 g/mol. The standard InChI is InChI=1S/C14H16N4O3S2/c1-18-9-3-5-11(18)12(19)7-8-15-23(20,21)13-6-2-4-10-14(13)17-22-16-10/h2-6,9,12,15,19H,7-8H2,1H3. The van der Waals surface area contributed by atoms with Crippen LogP contribution in [-0.4, -0.2) is 33.4 Å². The lowest BCUT2D eigenvalue weighted by Crippen LogP contribution is -2.26. The Morgan fingerprint density at radius 1 is 1.30 bits per heavy atom. The molecule has 0 saturated heterocycles. The quantitative estimate of drug-likeness (QED) is 0.699. The van der Waals surface area contributed by atoms with Crippen molar-refractivity contribution in [3.63, 3.8) is 0 Å². The number of hydrogen-bond donors (Lipinski definition) is 2. The van der Waals surface area contributed by atoms with E-state index in [0.717, 1.165) is 17.4 Å². The molecule has 23 heavy (non-hydrogen) atoms. The molecule has 0 bridgehead atoms. The zero-order valence-electron chi connectivity index (χ0n) is 12.4. The Labute approximate surface area is 138 Å². The molecule has 3 rings (SSSR count). The molecule has 3 aromatic rings. The molecule has 9 heteroatoms. The van der Waals surface area contributed by atoms with Gasteiger partial charge in [-0.3, -0.25) is 0 Å². The number of aryl methyl sites for hydroxylation is 1. The van der Waals surface area contributed by atoms with Crippen LogP contribution in [0.15, 0.2) is 41.4 Å². The molecule has 0 amide bonds. The third kappa shape index (κ3) is 3.27. The first-order valence-corrected chi connectivity index (χ1v) is 9.20. The van der Waals surface area contributed by atoms with E-state index in [2.05, 4.69) is 13.5 Å². The lowest BCUT2D eigenvalue weighted by atomic mass is 10.2. The van der Waals surface area contributed by atoms with Crippen LogP contribution in [0.1, 0.15) is 18.2 Å². The molecular formula is C14H16N4O3S2. The normalized spacial score (nSPS) is 13.5. The Hall–Kier alpha value is -1.81. The minimum atomic E-state index is -3.70. The fourth-order valence-electron chi connectivity index (χ4n) is 2.37. The molecule has 0 aliphatic rings. The van der Waals surface area contributed by atoms with Crippen LogP contribution < -0.4 is 4.72 Å². The first kappa shape index (κ1) is 16.1. The van der Waals surface area contributed by atoms with Gasteiger partial charge >= 0.3 is 0 Å². The maximum Gasteiger partial charge on any atom is 0.242 e. The number of fused-ring (bicyclic) bond motifs is 1. The van der Waals surface area contributed by atoms with E-state index in [4.69, 9.17) is 0 Å². The summed E-state index contributed by atoms with van der Waals surface area (Å²) in [5.74, 6) is 0. The van der Waals surface area contributed by atoms with Gasteiger partial charge in [0, 0.05) is 25.5 Å². The molecule has 0 saturated carbocycles. The van der Waals surface area contributed by atoms with Crippen LogP contribution in [0.4, 0.5) is 0 Å². The Morgan fingerprint density at radius 2 is 2.13 bits per heavy atom. The van der Waals surface area contributed by atoms with Crippen LogP contribution in [0, 0.1) is 0 Å². The summed E-state index contributed by atoms with van der Waals surface area (Å²) in [6, 6.07) is 8.49. The second-order valence-electron chi connectivity index (χ2n) is 5.13. The van der Waals surface area contributed by atoms with E-state index in [0.29, 0.717) is 11.0 Å². The molecule has 0 aliphatic heterocycles. The van der Waals surface area contributed by atoms with Gasteiger partial charge in [0.15, 0.2) is 0 Å². The first-order chi connectivity index (χ1) is 11.0. The lowest BCUT2D eigenvalue weighted by Gasteiger charge is -2.13. The number of aliphatic hydroxyl groups excluding tert-OH is 1. The fourth-order valence-corrected chi connectivity index (χ4v) is 4.19. The number of benzene rings is 1. The summed E-state index contributed by atoms with van der Waals surface area (Å²) in [6.07, 6.45) is 1.38. The van der Waals surface area contributed by atoms with Gasteiger partial charge in [0.05, 0.1) is 17.8 Å². The Balaban J connectivity index is 1.70. The highest BCUT2D eigenvalue weighted by molar-refractivity contribution is 7.89. The van der Waals surface area contributed by atoms with Gasteiger partial charge in [0.2, 0.25) is 10.0 Å². The number of nitrogens with zero attached hydrogens (tertiary/aromatic N) is 3. The minimum Gasteiger partial charge on any atom is -0.387 e. The maximum atomic E-state index is 12.4. The third-order valence-corrected chi connectivity index (χ3v) is 5.61. The Morgan fingerprint density at radius 3 is 2.87 bits per heavy atom. The van der Waals surface area contributed by atoms with Gasteiger partial charge in [-0.05, 0) is 30.7 Å². The molecule has 2 N–H and O–H groups in total. The highest BCUT2D eigenvalue weighted by Gasteiger charge is 2.20. The summed E-state index contributed by atoms with van der Waals surface area (Å²) in [5, 5.41) is 10.1. The van der Waals surface area contributed by atoms with Gasteiger partial charge in [-0.2, -0.15) is 8.75 Å². The molecule has 7 nitrogen and oxygen atoms in total. The van der Waals surface area contributed by atoms with Crippen molar-refractivity contribution in [1.29, 1.82) is 0 Å². The molecule has 2 heterocycles. The maximum absolute atomic E-state index is 12.4. The number of sulfonamides is 1. The summed E-state index contributed by atoms with van der Waals surface area (Å²) < 4.78 is 37.2. The molecule has 2 aromatic heterocycles. The topological polar surface area (TPSA) is 97.1 Å². The number of nitrogens with one attached hydrogen (secondary N) is 1. The number of hydrogen-bond acceptors (Lipinski definition) is 6. The second-order valence-corrected chi connectivity index (χ2v) is 7.40. The Bertz CT molecular complexity index is 917. The van der Waals surface area contributed by atoms with Crippen LogP contribution in [0.2, 0.25) is 0 Å². The molecule has 1 aromatic carbocycles. The molecule has 1 unspecified atom stereocenters. The van der Waals surface area contributed by atoms with E-state index >= 15 is 0 Å². The van der Waals surface area contributed by atoms with Crippen molar-refractivity contribution in [2.75, 3.05) is 6.54 Å². The van der Waals surface area contributed by atoms with Gasteiger partial charge in [-0.15, -0.1) is 0 Å². The monoisotopic (exact) mass is 352 g/mol. The average Bonchev–Trinajstić information content (AvgIpc) is 3.14. The van der Waals surface area contributed by atoms with E-state index in [-0.39, 0.29) is 17.9 Å². The van der Waals surface area contributed by atoms with Gasteiger partial charge in [0.1, 0.15) is 15.9 Å². The van der Waals surface area contributed by atoms with Crippen molar-refractivity contribution in [3.05, 3.63) is 42.2 Å². The Kier molecular flexibility index (Phi) is 4.44. The van der Waals surface area contributed by atoms with Gasteiger partial charge in [-0.1, -0.05) is 6.07 Å². The highest BCUT2D eigenvalue weighted by Crippen LogP contribution is 2.21. The summed E-state index contributed by atoms with van der Waals surface area (Å²) in [5.41, 5.74) is 1.67. The zero-order chi connectivity index (χ0) is 16.4. The largest absolute Gasteiger partial charge is 0.387 e. The van der Waals surface area contributed by atoms with Crippen LogP contribution in [0.25, 0.3) is 11.0 Å². The van der Waals surface area contributed by atoms with Gasteiger partial charge < -0.3 is 9.67 Å². The molecule has 0 radical (unpaired) electrons. The van der Waals surface area contributed by atoms with E-state index in [1.54, 1.807) is 22.8 Å². The summed E-state index contributed by atoms with van der Waals surface area (Å²) in [4.78, 5) is 0.108. The molecule has 0 fully saturated rings. The predicted octanol–water partition coefficient (Wildman–Crippen LogP) is 1.43. The molecule has 1 atom stereocenters. The highest BCUT2D eigenvalue weighted by atomic mass is 32.2. The van der Waals surface area contributed by atoms with Crippen molar-refractivity contribution < 1.29 is 13.5 Å². The van der Waals surface area contributed by atoms with Crippen molar-refractivity contribution in [3.8, 4) is 0 Å². The van der Waals surface area contributed by atoms with Crippen LogP contribution in [0.5, 0.6) is 0 Å². The zero-order valence-corrected chi connectivity index (χ0v) is 14.0. The van der Waals surface area contributed by atoms with Crippen molar-refractivity contribution >= 4 is 32.8 Å². The minimum absolute atomic E-state index is 0.108. The molecular weight excluding hydrogens is 336 g/mol. The fraction of sp³-hybridized carbons (Fsp3) is 0.286. The number of aromatic nitrogens is 3. The van der Waals surface area contributed by atoms with Crippen molar-refractivity contribution in [2.24, 2.45) is 7.05 Å². The van der Waals surface area contributed by atoms with Crippen molar-refractivity contribution in [2.45, 2.75) is 17.4 Å². The molecule has 0 aliphatic carbocycles. The molecule has 122 valence electrons. The lowest BCUT2D eigenvalue weighted by molar-refractivity contribution is 0.161. The number of aliphatic hydroxyl groups is 1. The van der Waals surface area contributed by atoms with Crippen LogP contribution in [-0.2, 0) is 17.1 Å². The second kappa shape index (κ2) is 6.36. The first-order valence-electron chi connectivity index (χ1n) is 6.99.